The number of benzene rings is 3. The number of esters is 1. The topological polar surface area (TPSA) is 71.1 Å². The second kappa shape index (κ2) is 10.5. The number of rotatable bonds is 7. The molecule has 1 aliphatic rings. The normalized spacial score (nSPS) is 14.2. The second-order valence-electron chi connectivity index (χ2n) is 8.10. The number of hydrogen-bond donors (Lipinski definition) is 0. The lowest BCUT2D eigenvalue weighted by Gasteiger charge is -2.16. The Balaban J connectivity index is 1.54. The number of hydrogen-bond acceptors (Lipinski definition) is 6. The quantitative estimate of drug-likeness (QED) is 0.0914. The van der Waals surface area contributed by atoms with Crippen molar-refractivity contribution in [1.82, 2.24) is 0 Å². The van der Waals surface area contributed by atoms with Crippen LogP contribution < -0.4 is 18.9 Å². The number of Topliss-reactive ketones (excluding diaryl/α,β-unsaturated/α-hetero) is 1. The minimum absolute atomic E-state index is 0.00162. The zero-order valence-corrected chi connectivity index (χ0v) is 20.2. The van der Waals surface area contributed by atoms with Crippen LogP contribution in [0.3, 0.4) is 0 Å². The summed E-state index contributed by atoms with van der Waals surface area (Å²) in [5, 5.41) is 0. The fourth-order valence-electron chi connectivity index (χ4n) is 3.68. The molecule has 1 unspecified atom stereocenters. The standard InChI is InChI=1S/C27H19F5O6/c1-4-35-16-8-6-5-7-14(16)10-18-25(33)19-12(2)9-15(11-17(19)38-18)37-27(34)13(3)36-26-23(31)21(29)20(28)22(30)24(26)32/h5-11,13H,4H2,1-3H3/b18-10-. The highest BCUT2D eigenvalue weighted by atomic mass is 19.2. The summed E-state index contributed by atoms with van der Waals surface area (Å²) in [5.41, 5.74) is 1.23. The average Bonchev–Trinajstić information content (AvgIpc) is 3.20. The van der Waals surface area contributed by atoms with Crippen LogP contribution >= 0.6 is 0 Å². The lowest BCUT2D eigenvalue weighted by atomic mass is 10.0. The second-order valence-corrected chi connectivity index (χ2v) is 8.10. The van der Waals surface area contributed by atoms with E-state index in [4.69, 9.17) is 18.9 Å². The van der Waals surface area contributed by atoms with Gasteiger partial charge in [0.15, 0.2) is 17.6 Å². The molecule has 1 atom stereocenters. The van der Waals surface area contributed by atoms with Gasteiger partial charge in [0, 0.05) is 11.6 Å². The van der Waals surface area contributed by atoms with Gasteiger partial charge in [-0.25, -0.2) is 18.0 Å². The monoisotopic (exact) mass is 534 g/mol. The summed E-state index contributed by atoms with van der Waals surface area (Å²) in [6.07, 6.45) is -0.261. The number of halogens is 5. The van der Waals surface area contributed by atoms with Crippen molar-refractivity contribution >= 4 is 17.8 Å². The van der Waals surface area contributed by atoms with Gasteiger partial charge in [-0.15, -0.1) is 0 Å². The summed E-state index contributed by atoms with van der Waals surface area (Å²) < 4.78 is 89.0. The van der Waals surface area contributed by atoms with Gasteiger partial charge in [-0.1, -0.05) is 18.2 Å². The molecule has 38 heavy (non-hydrogen) atoms. The SMILES string of the molecule is CCOc1ccccc1/C=C1\Oc2cc(OC(=O)C(C)Oc3c(F)c(F)c(F)c(F)c3F)cc(C)c2C1=O. The van der Waals surface area contributed by atoms with Crippen LogP contribution in [0.2, 0.25) is 0 Å². The van der Waals surface area contributed by atoms with Gasteiger partial charge >= 0.3 is 5.97 Å². The van der Waals surface area contributed by atoms with Crippen molar-refractivity contribution in [3.05, 3.63) is 87.9 Å². The van der Waals surface area contributed by atoms with Crippen molar-refractivity contribution in [3.8, 4) is 23.0 Å². The van der Waals surface area contributed by atoms with Crippen LogP contribution in [0, 0.1) is 36.0 Å². The van der Waals surface area contributed by atoms with Gasteiger partial charge in [0.2, 0.25) is 34.9 Å². The maximum Gasteiger partial charge on any atom is 0.352 e. The minimum atomic E-state index is -2.36. The van der Waals surface area contributed by atoms with Gasteiger partial charge in [-0.05, 0) is 44.5 Å². The van der Waals surface area contributed by atoms with Crippen LogP contribution in [-0.2, 0) is 4.79 Å². The molecular formula is C27H19F5O6. The van der Waals surface area contributed by atoms with Crippen LogP contribution in [0.15, 0.2) is 42.2 Å². The van der Waals surface area contributed by atoms with E-state index in [2.05, 4.69) is 0 Å². The van der Waals surface area contributed by atoms with Gasteiger partial charge in [-0.2, -0.15) is 8.78 Å². The van der Waals surface area contributed by atoms with Crippen LogP contribution in [0.4, 0.5) is 22.0 Å². The molecular weight excluding hydrogens is 515 g/mol. The average molecular weight is 534 g/mol. The molecule has 1 aliphatic heterocycles. The Labute approximate surface area is 213 Å². The molecule has 1 heterocycles. The van der Waals surface area contributed by atoms with E-state index in [0.717, 1.165) is 6.92 Å². The van der Waals surface area contributed by atoms with Crippen LogP contribution in [0.1, 0.15) is 35.3 Å². The molecule has 0 aliphatic carbocycles. The minimum Gasteiger partial charge on any atom is -0.493 e. The number of carbonyl (C=O) groups is 2. The molecule has 0 aromatic heterocycles. The number of carbonyl (C=O) groups excluding carboxylic acids is 2. The van der Waals surface area contributed by atoms with Crippen molar-refractivity contribution in [2.75, 3.05) is 6.61 Å². The molecule has 0 amide bonds. The first-order chi connectivity index (χ1) is 18.0. The summed E-state index contributed by atoms with van der Waals surface area (Å²) in [6.45, 7) is 4.80. The van der Waals surface area contributed by atoms with Gasteiger partial charge in [0.25, 0.3) is 0 Å². The van der Waals surface area contributed by atoms with Gasteiger partial charge in [0.1, 0.15) is 17.2 Å². The fourth-order valence-corrected chi connectivity index (χ4v) is 3.68. The molecule has 0 bridgehead atoms. The van der Waals surface area contributed by atoms with Crippen molar-refractivity contribution in [2.24, 2.45) is 0 Å². The molecule has 0 saturated heterocycles. The number of para-hydroxylation sites is 1. The molecule has 0 fully saturated rings. The van der Waals surface area contributed by atoms with Crippen molar-refractivity contribution in [2.45, 2.75) is 26.9 Å². The summed E-state index contributed by atoms with van der Waals surface area (Å²) in [6, 6.07) is 9.61. The number of ether oxygens (including phenoxy) is 4. The number of aryl methyl sites for hydroxylation is 1. The maximum atomic E-state index is 13.9. The third-order valence-electron chi connectivity index (χ3n) is 5.46. The summed E-state index contributed by atoms with van der Waals surface area (Å²) in [5.74, 6) is -14.0. The van der Waals surface area contributed by atoms with E-state index in [9.17, 15) is 31.5 Å². The van der Waals surface area contributed by atoms with E-state index >= 15 is 0 Å². The molecule has 3 aromatic rings. The first-order valence-corrected chi connectivity index (χ1v) is 11.2. The third kappa shape index (κ3) is 4.91. The highest BCUT2D eigenvalue weighted by Crippen LogP contribution is 2.38. The van der Waals surface area contributed by atoms with E-state index in [0.29, 0.717) is 23.5 Å². The van der Waals surface area contributed by atoms with Crippen LogP contribution in [0.25, 0.3) is 6.08 Å². The lowest BCUT2D eigenvalue weighted by molar-refractivity contribution is -0.141. The molecule has 3 aromatic carbocycles. The van der Waals surface area contributed by atoms with E-state index in [1.807, 2.05) is 6.92 Å². The van der Waals surface area contributed by atoms with Crippen molar-refractivity contribution in [1.29, 1.82) is 0 Å². The Bertz CT molecular complexity index is 1450. The largest absolute Gasteiger partial charge is 0.493 e. The number of ketones is 1. The molecule has 11 heteroatoms. The predicted molar refractivity (Wildman–Crippen MR) is 124 cm³/mol. The van der Waals surface area contributed by atoms with Crippen LogP contribution in [0.5, 0.6) is 23.0 Å². The van der Waals surface area contributed by atoms with E-state index < -0.39 is 52.7 Å². The fraction of sp³-hybridized carbons (Fsp3) is 0.185. The lowest BCUT2D eigenvalue weighted by Crippen LogP contribution is -2.29. The Kier molecular flexibility index (Phi) is 7.38. The molecule has 6 nitrogen and oxygen atoms in total. The van der Waals surface area contributed by atoms with Gasteiger partial charge < -0.3 is 18.9 Å². The molecule has 0 radical (unpaired) electrons. The van der Waals surface area contributed by atoms with Crippen LogP contribution in [-0.4, -0.2) is 24.5 Å². The van der Waals surface area contributed by atoms with E-state index in [1.54, 1.807) is 31.2 Å². The highest BCUT2D eigenvalue weighted by molar-refractivity contribution is 6.15. The molecule has 0 saturated carbocycles. The van der Waals surface area contributed by atoms with E-state index in [-0.39, 0.29) is 22.8 Å². The number of fused-ring (bicyclic) bond motifs is 1. The number of allylic oxidation sites excluding steroid dienone is 1. The Hall–Kier alpha value is -4.41. The summed E-state index contributed by atoms with van der Waals surface area (Å²) in [4.78, 5) is 25.4. The molecule has 4 rings (SSSR count). The van der Waals surface area contributed by atoms with Gasteiger partial charge in [-0.3, -0.25) is 4.79 Å². The molecule has 198 valence electrons. The van der Waals surface area contributed by atoms with E-state index in [1.165, 1.54) is 18.2 Å². The van der Waals surface area contributed by atoms with Crippen molar-refractivity contribution < 1.29 is 50.5 Å². The molecule has 0 N–H and O–H groups in total. The third-order valence-corrected chi connectivity index (χ3v) is 5.46. The first kappa shape index (κ1) is 26.6. The Morgan fingerprint density at radius 1 is 1.00 bits per heavy atom. The Morgan fingerprint density at radius 2 is 1.63 bits per heavy atom. The predicted octanol–water partition coefficient (Wildman–Crippen LogP) is 6.08. The Morgan fingerprint density at radius 3 is 2.29 bits per heavy atom. The summed E-state index contributed by atoms with van der Waals surface area (Å²) >= 11 is 0. The van der Waals surface area contributed by atoms with Crippen molar-refractivity contribution in [3.63, 3.8) is 0 Å². The summed E-state index contributed by atoms with van der Waals surface area (Å²) in [7, 11) is 0. The molecule has 0 spiro atoms. The highest BCUT2D eigenvalue weighted by Gasteiger charge is 2.32. The first-order valence-electron chi connectivity index (χ1n) is 11.2. The smallest absolute Gasteiger partial charge is 0.352 e. The van der Waals surface area contributed by atoms with Gasteiger partial charge in [0.05, 0.1) is 12.2 Å². The zero-order valence-electron chi connectivity index (χ0n) is 20.2. The zero-order chi connectivity index (χ0) is 27.7. The maximum absolute atomic E-state index is 13.9.